The van der Waals surface area contributed by atoms with E-state index in [2.05, 4.69) is 4.74 Å². The second-order valence-corrected chi connectivity index (χ2v) is 6.42. The van der Waals surface area contributed by atoms with Crippen molar-refractivity contribution in [2.24, 2.45) is 0 Å². The number of methoxy groups -OCH3 is 1. The van der Waals surface area contributed by atoms with E-state index in [0.29, 0.717) is 10.6 Å². The first-order chi connectivity index (χ1) is 10.3. The number of hydrogen-bond donors (Lipinski definition) is 0. The molecule has 0 spiro atoms. The van der Waals surface area contributed by atoms with Crippen LogP contribution in [0.3, 0.4) is 0 Å². The lowest BCUT2D eigenvalue weighted by Gasteiger charge is -2.10. The Kier molecular flexibility index (Phi) is 4.73. The van der Waals surface area contributed by atoms with Crippen molar-refractivity contribution in [3.8, 4) is 5.75 Å². The molecular weight excluding hydrogens is 328 g/mol. The van der Waals surface area contributed by atoms with Crippen LogP contribution in [0.25, 0.3) is 0 Å². The zero-order valence-electron chi connectivity index (χ0n) is 11.9. The van der Waals surface area contributed by atoms with E-state index in [-0.39, 0.29) is 16.2 Å². The van der Waals surface area contributed by atoms with Crippen molar-refractivity contribution >= 4 is 27.7 Å². The van der Waals surface area contributed by atoms with Gasteiger partial charge in [-0.1, -0.05) is 17.7 Å². The minimum absolute atomic E-state index is 0.0142. The van der Waals surface area contributed by atoms with Gasteiger partial charge in [0.05, 0.1) is 12.7 Å². The van der Waals surface area contributed by atoms with Crippen LogP contribution < -0.4 is 4.18 Å². The molecule has 0 heterocycles. The maximum atomic E-state index is 12.3. The maximum absolute atomic E-state index is 12.3. The van der Waals surface area contributed by atoms with Crippen molar-refractivity contribution in [2.45, 2.75) is 11.8 Å². The minimum Gasteiger partial charge on any atom is -0.465 e. The molecule has 0 atom stereocenters. The SMILES string of the molecule is COC(=O)c1cccc(OS(=O)(=O)c2ccc(Cl)cc2C)c1. The van der Waals surface area contributed by atoms with E-state index in [0.717, 1.165) is 0 Å². The molecule has 2 aromatic carbocycles. The van der Waals surface area contributed by atoms with Gasteiger partial charge in [0.15, 0.2) is 0 Å². The van der Waals surface area contributed by atoms with Crippen LogP contribution in [0.1, 0.15) is 15.9 Å². The number of halogens is 1. The molecule has 2 aromatic rings. The molecule has 0 saturated carbocycles. The van der Waals surface area contributed by atoms with Gasteiger partial charge in [-0.2, -0.15) is 8.42 Å². The Morgan fingerprint density at radius 2 is 1.86 bits per heavy atom. The Morgan fingerprint density at radius 3 is 2.50 bits per heavy atom. The molecule has 7 heteroatoms. The molecule has 2 rings (SSSR count). The quantitative estimate of drug-likeness (QED) is 0.631. The summed E-state index contributed by atoms with van der Waals surface area (Å²) in [5, 5.41) is 0.434. The predicted molar refractivity (Wildman–Crippen MR) is 81.8 cm³/mol. The second-order valence-electron chi connectivity index (χ2n) is 4.47. The summed E-state index contributed by atoms with van der Waals surface area (Å²) in [7, 11) is -2.78. The highest BCUT2D eigenvalue weighted by molar-refractivity contribution is 7.87. The van der Waals surface area contributed by atoms with Gasteiger partial charge in [0.25, 0.3) is 0 Å². The van der Waals surface area contributed by atoms with Gasteiger partial charge in [0, 0.05) is 5.02 Å². The molecule has 5 nitrogen and oxygen atoms in total. The monoisotopic (exact) mass is 340 g/mol. The van der Waals surface area contributed by atoms with Crippen LogP contribution in [0.5, 0.6) is 5.75 Å². The fourth-order valence-electron chi connectivity index (χ4n) is 1.86. The molecule has 0 N–H and O–H groups in total. The van der Waals surface area contributed by atoms with Crippen LogP contribution in [0.15, 0.2) is 47.4 Å². The predicted octanol–water partition coefficient (Wildman–Crippen LogP) is 3.20. The third-order valence-corrected chi connectivity index (χ3v) is 4.51. The van der Waals surface area contributed by atoms with Crippen molar-refractivity contribution in [1.29, 1.82) is 0 Å². The number of hydrogen-bond acceptors (Lipinski definition) is 5. The highest BCUT2D eigenvalue weighted by atomic mass is 35.5. The van der Waals surface area contributed by atoms with Crippen LogP contribution in [0, 0.1) is 6.92 Å². The van der Waals surface area contributed by atoms with Crippen LogP contribution in [-0.4, -0.2) is 21.5 Å². The first-order valence-corrected chi connectivity index (χ1v) is 8.01. The van der Waals surface area contributed by atoms with Crippen molar-refractivity contribution in [2.75, 3.05) is 7.11 Å². The molecule has 0 aliphatic rings. The Morgan fingerprint density at radius 1 is 1.14 bits per heavy atom. The molecule has 0 radical (unpaired) electrons. The number of aryl methyl sites for hydroxylation is 1. The summed E-state index contributed by atoms with van der Waals surface area (Å²) in [5.74, 6) is -0.553. The topological polar surface area (TPSA) is 69.7 Å². The standard InChI is InChI=1S/C15H13ClO5S/c1-10-8-12(16)6-7-14(10)22(18,19)21-13-5-3-4-11(9-13)15(17)20-2/h3-9H,1-2H3. The van der Waals surface area contributed by atoms with Crippen molar-refractivity contribution in [3.05, 3.63) is 58.6 Å². The summed E-state index contributed by atoms with van der Waals surface area (Å²) in [6.07, 6.45) is 0. The second kappa shape index (κ2) is 6.37. The molecule has 0 aliphatic heterocycles. The maximum Gasteiger partial charge on any atom is 0.339 e. The molecule has 116 valence electrons. The zero-order chi connectivity index (χ0) is 16.3. The summed E-state index contributed by atoms with van der Waals surface area (Å²) in [6.45, 7) is 1.62. The van der Waals surface area contributed by atoms with Gasteiger partial charge in [-0.25, -0.2) is 4.79 Å². The van der Waals surface area contributed by atoms with Crippen molar-refractivity contribution < 1.29 is 22.1 Å². The van der Waals surface area contributed by atoms with E-state index >= 15 is 0 Å². The average molecular weight is 341 g/mol. The molecular formula is C15H13ClO5S. The zero-order valence-corrected chi connectivity index (χ0v) is 13.4. The Bertz CT molecular complexity index is 814. The van der Waals surface area contributed by atoms with E-state index in [1.807, 2.05) is 0 Å². The van der Waals surface area contributed by atoms with Gasteiger partial charge in [0.2, 0.25) is 0 Å². The number of carbonyl (C=O) groups excluding carboxylic acids is 1. The number of rotatable bonds is 4. The molecule has 0 unspecified atom stereocenters. The summed E-state index contributed by atoms with van der Waals surface area (Å²) in [6, 6.07) is 10.1. The highest BCUT2D eigenvalue weighted by Gasteiger charge is 2.20. The smallest absolute Gasteiger partial charge is 0.339 e. The molecule has 22 heavy (non-hydrogen) atoms. The third kappa shape index (κ3) is 3.58. The van der Waals surface area contributed by atoms with Crippen LogP contribution in [-0.2, 0) is 14.9 Å². The highest BCUT2D eigenvalue weighted by Crippen LogP contribution is 2.24. The summed E-state index contributed by atoms with van der Waals surface area (Å²) in [5.41, 5.74) is 0.666. The van der Waals surface area contributed by atoms with Crippen LogP contribution >= 0.6 is 11.6 Å². The molecule has 0 saturated heterocycles. The summed E-state index contributed by atoms with van der Waals surface area (Å²) in [4.78, 5) is 11.5. The van der Waals surface area contributed by atoms with Crippen LogP contribution in [0.2, 0.25) is 5.02 Å². The van der Waals surface area contributed by atoms with E-state index < -0.39 is 16.1 Å². The summed E-state index contributed by atoms with van der Waals surface area (Å²) < 4.78 is 34.3. The normalized spacial score (nSPS) is 11.0. The fourth-order valence-corrected chi connectivity index (χ4v) is 3.22. The lowest BCUT2D eigenvalue weighted by Crippen LogP contribution is -2.12. The average Bonchev–Trinajstić information content (AvgIpc) is 2.45. The van der Waals surface area contributed by atoms with Crippen LogP contribution in [0.4, 0.5) is 0 Å². The molecule has 0 aromatic heterocycles. The number of carbonyl (C=O) groups is 1. The molecule has 0 amide bonds. The Labute approximate surface area is 133 Å². The third-order valence-electron chi connectivity index (χ3n) is 2.87. The molecule has 0 aliphatic carbocycles. The number of benzene rings is 2. The van der Waals surface area contributed by atoms with Gasteiger partial charge in [-0.3, -0.25) is 0 Å². The lowest BCUT2D eigenvalue weighted by atomic mass is 10.2. The van der Waals surface area contributed by atoms with Crippen molar-refractivity contribution in [1.82, 2.24) is 0 Å². The minimum atomic E-state index is -4.02. The first-order valence-electron chi connectivity index (χ1n) is 6.22. The van der Waals surface area contributed by atoms with Gasteiger partial charge >= 0.3 is 16.1 Å². The van der Waals surface area contributed by atoms with Gasteiger partial charge in [0.1, 0.15) is 10.6 Å². The Hall–Kier alpha value is -2.05. The Balaban J connectivity index is 2.35. The van der Waals surface area contributed by atoms with E-state index in [1.165, 1.54) is 49.6 Å². The molecule has 0 fully saturated rings. The largest absolute Gasteiger partial charge is 0.465 e. The van der Waals surface area contributed by atoms with E-state index in [4.69, 9.17) is 15.8 Å². The number of ether oxygens (including phenoxy) is 1. The van der Waals surface area contributed by atoms with Gasteiger partial charge < -0.3 is 8.92 Å². The van der Waals surface area contributed by atoms with E-state index in [9.17, 15) is 13.2 Å². The summed E-state index contributed by atoms with van der Waals surface area (Å²) >= 11 is 5.81. The first kappa shape index (κ1) is 16.3. The van der Waals surface area contributed by atoms with Gasteiger partial charge in [-0.15, -0.1) is 0 Å². The van der Waals surface area contributed by atoms with E-state index in [1.54, 1.807) is 6.92 Å². The lowest BCUT2D eigenvalue weighted by molar-refractivity contribution is 0.0600. The van der Waals surface area contributed by atoms with Gasteiger partial charge in [-0.05, 0) is 48.9 Å². The van der Waals surface area contributed by atoms with Crippen molar-refractivity contribution in [3.63, 3.8) is 0 Å². The molecule has 0 bridgehead atoms. The number of esters is 1. The fraction of sp³-hybridized carbons (Fsp3) is 0.133.